The van der Waals surface area contributed by atoms with Crippen LogP contribution in [-0.2, 0) is 6.42 Å². The molecule has 0 bridgehead atoms. The van der Waals surface area contributed by atoms with E-state index in [1.165, 1.54) is 30.4 Å². The standard InChI is InChI=1S/C16H18N2/c17-13-7-4-8-14(11-13)18-16-10-3-6-12-5-1-2-9-15(12)16/h1-2,4-5,7-9,11,16,18H,3,6,10,17H2. The van der Waals surface area contributed by atoms with Gasteiger partial charge in [-0.05, 0) is 48.6 Å². The lowest BCUT2D eigenvalue weighted by atomic mass is 9.87. The number of hydrogen-bond acceptors (Lipinski definition) is 2. The fourth-order valence-corrected chi connectivity index (χ4v) is 2.73. The van der Waals surface area contributed by atoms with Crippen molar-refractivity contribution < 1.29 is 0 Å². The van der Waals surface area contributed by atoms with Gasteiger partial charge in [-0.1, -0.05) is 30.3 Å². The van der Waals surface area contributed by atoms with Crippen molar-refractivity contribution in [3.05, 3.63) is 59.7 Å². The Kier molecular flexibility index (Phi) is 2.93. The third-order valence-corrected chi connectivity index (χ3v) is 3.60. The van der Waals surface area contributed by atoms with Crippen LogP contribution in [0.4, 0.5) is 11.4 Å². The molecule has 2 aromatic carbocycles. The Morgan fingerprint density at radius 1 is 1.06 bits per heavy atom. The largest absolute Gasteiger partial charge is 0.399 e. The highest BCUT2D eigenvalue weighted by Gasteiger charge is 2.19. The van der Waals surface area contributed by atoms with E-state index < -0.39 is 0 Å². The average Bonchev–Trinajstić information content (AvgIpc) is 2.39. The van der Waals surface area contributed by atoms with Gasteiger partial charge in [0, 0.05) is 11.4 Å². The number of nitrogen functional groups attached to an aromatic ring is 1. The van der Waals surface area contributed by atoms with Gasteiger partial charge in [0.25, 0.3) is 0 Å². The second-order valence-corrected chi connectivity index (χ2v) is 4.91. The van der Waals surface area contributed by atoms with E-state index >= 15 is 0 Å². The predicted octanol–water partition coefficient (Wildman–Crippen LogP) is 3.76. The van der Waals surface area contributed by atoms with Gasteiger partial charge in [0.1, 0.15) is 0 Å². The number of benzene rings is 2. The molecule has 0 heterocycles. The minimum Gasteiger partial charge on any atom is -0.399 e. The van der Waals surface area contributed by atoms with E-state index in [0.29, 0.717) is 6.04 Å². The number of aryl methyl sites for hydroxylation is 1. The number of fused-ring (bicyclic) bond motifs is 1. The van der Waals surface area contributed by atoms with E-state index in [-0.39, 0.29) is 0 Å². The smallest absolute Gasteiger partial charge is 0.0516 e. The minimum atomic E-state index is 0.414. The zero-order chi connectivity index (χ0) is 12.4. The highest BCUT2D eigenvalue weighted by molar-refractivity contribution is 5.55. The monoisotopic (exact) mass is 238 g/mol. The predicted molar refractivity (Wildman–Crippen MR) is 76.6 cm³/mol. The maximum absolute atomic E-state index is 5.82. The minimum absolute atomic E-state index is 0.414. The van der Waals surface area contributed by atoms with Gasteiger partial charge in [-0.2, -0.15) is 0 Å². The van der Waals surface area contributed by atoms with E-state index in [1.807, 2.05) is 18.2 Å². The fraction of sp³-hybridized carbons (Fsp3) is 0.250. The second-order valence-electron chi connectivity index (χ2n) is 4.91. The van der Waals surface area contributed by atoms with Gasteiger partial charge >= 0.3 is 0 Å². The maximum atomic E-state index is 5.82. The van der Waals surface area contributed by atoms with Crippen molar-refractivity contribution in [3.63, 3.8) is 0 Å². The first-order valence-corrected chi connectivity index (χ1v) is 6.53. The first kappa shape index (κ1) is 11.1. The topological polar surface area (TPSA) is 38.0 Å². The molecule has 1 atom stereocenters. The van der Waals surface area contributed by atoms with Crippen molar-refractivity contribution in [1.29, 1.82) is 0 Å². The Hall–Kier alpha value is -1.96. The molecule has 0 saturated carbocycles. The summed E-state index contributed by atoms with van der Waals surface area (Å²) in [5.74, 6) is 0. The molecule has 3 N–H and O–H groups in total. The molecule has 2 nitrogen and oxygen atoms in total. The highest BCUT2D eigenvalue weighted by Crippen LogP contribution is 2.32. The molecule has 1 aliphatic carbocycles. The molecule has 0 amide bonds. The lowest BCUT2D eigenvalue weighted by Crippen LogP contribution is -2.17. The van der Waals surface area contributed by atoms with Crippen molar-refractivity contribution in [2.75, 3.05) is 11.1 Å². The van der Waals surface area contributed by atoms with Gasteiger partial charge in [0.15, 0.2) is 0 Å². The molecule has 18 heavy (non-hydrogen) atoms. The zero-order valence-corrected chi connectivity index (χ0v) is 10.4. The summed E-state index contributed by atoms with van der Waals surface area (Å²) in [6, 6.07) is 17.1. The molecule has 0 radical (unpaired) electrons. The molecule has 92 valence electrons. The van der Waals surface area contributed by atoms with Crippen LogP contribution in [0.3, 0.4) is 0 Å². The van der Waals surface area contributed by atoms with Crippen molar-refractivity contribution >= 4 is 11.4 Å². The van der Waals surface area contributed by atoms with Crippen LogP contribution in [0.15, 0.2) is 48.5 Å². The molecule has 0 spiro atoms. The number of hydrogen-bond donors (Lipinski definition) is 2. The third kappa shape index (κ3) is 2.19. The molecule has 0 saturated heterocycles. The SMILES string of the molecule is Nc1cccc(NC2CCCc3ccccc32)c1. The van der Waals surface area contributed by atoms with Crippen LogP contribution >= 0.6 is 0 Å². The van der Waals surface area contributed by atoms with Crippen LogP contribution in [0.1, 0.15) is 30.0 Å². The van der Waals surface area contributed by atoms with Gasteiger partial charge in [0.05, 0.1) is 6.04 Å². The van der Waals surface area contributed by atoms with Crippen LogP contribution < -0.4 is 11.1 Å². The van der Waals surface area contributed by atoms with Crippen molar-refractivity contribution in [3.8, 4) is 0 Å². The molecule has 2 heteroatoms. The van der Waals surface area contributed by atoms with Gasteiger partial charge in [0.2, 0.25) is 0 Å². The van der Waals surface area contributed by atoms with Gasteiger partial charge in [-0.15, -0.1) is 0 Å². The molecule has 3 rings (SSSR count). The first-order valence-electron chi connectivity index (χ1n) is 6.53. The third-order valence-electron chi connectivity index (χ3n) is 3.60. The Labute approximate surface area is 108 Å². The summed E-state index contributed by atoms with van der Waals surface area (Å²) in [4.78, 5) is 0. The quantitative estimate of drug-likeness (QED) is 0.782. The molecule has 1 aliphatic rings. The maximum Gasteiger partial charge on any atom is 0.0516 e. The van der Waals surface area contributed by atoms with E-state index in [1.54, 1.807) is 0 Å². The normalized spacial score (nSPS) is 18.1. The summed E-state index contributed by atoms with van der Waals surface area (Å²) in [6.07, 6.45) is 3.63. The van der Waals surface area contributed by atoms with Crippen LogP contribution in [0.25, 0.3) is 0 Å². The average molecular weight is 238 g/mol. The molecule has 0 fully saturated rings. The Morgan fingerprint density at radius 3 is 2.83 bits per heavy atom. The highest BCUT2D eigenvalue weighted by atomic mass is 14.9. The van der Waals surface area contributed by atoms with Crippen molar-refractivity contribution in [2.24, 2.45) is 0 Å². The molecule has 2 aromatic rings. The number of nitrogens with two attached hydrogens (primary N) is 1. The van der Waals surface area contributed by atoms with E-state index in [4.69, 9.17) is 5.73 Å². The molecular weight excluding hydrogens is 220 g/mol. The van der Waals surface area contributed by atoms with E-state index in [0.717, 1.165) is 11.4 Å². The van der Waals surface area contributed by atoms with Gasteiger partial charge < -0.3 is 11.1 Å². The first-order chi connectivity index (χ1) is 8.83. The molecule has 0 aliphatic heterocycles. The van der Waals surface area contributed by atoms with Crippen molar-refractivity contribution in [2.45, 2.75) is 25.3 Å². The lowest BCUT2D eigenvalue weighted by molar-refractivity contribution is 0.600. The summed E-state index contributed by atoms with van der Waals surface area (Å²) < 4.78 is 0. The summed E-state index contributed by atoms with van der Waals surface area (Å²) in [6.45, 7) is 0. The van der Waals surface area contributed by atoms with Crippen LogP contribution in [0.5, 0.6) is 0 Å². The fourth-order valence-electron chi connectivity index (χ4n) is 2.73. The zero-order valence-electron chi connectivity index (χ0n) is 10.4. The Bertz CT molecular complexity index is 548. The lowest BCUT2D eigenvalue weighted by Gasteiger charge is -2.27. The molecular formula is C16H18N2. The Morgan fingerprint density at radius 2 is 1.94 bits per heavy atom. The van der Waals surface area contributed by atoms with E-state index in [2.05, 4.69) is 35.6 Å². The van der Waals surface area contributed by atoms with Gasteiger partial charge in [-0.25, -0.2) is 0 Å². The second kappa shape index (κ2) is 4.73. The summed E-state index contributed by atoms with van der Waals surface area (Å²) in [5.41, 5.74) is 10.6. The summed E-state index contributed by atoms with van der Waals surface area (Å²) in [7, 11) is 0. The van der Waals surface area contributed by atoms with Crippen LogP contribution in [0.2, 0.25) is 0 Å². The van der Waals surface area contributed by atoms with Crippen LogP contribution in [0, 0.1) is 0 Å². The number of anilines is 2. The number of nitrogens with one attached hydrogen (secondary N) is 1. The summed E-state index contributed by atoms with van der Waals surface area (Å²) in [5, 5.41) is 3.60. The number of rotatable bonds is 2. The Balaban J connectivity index is 1.86. The molecule has 1 unspecified atom stereocenters. The van der Waals surface area contributed by atoms with Crippen LogP contribution in [-0.4, -0.2) is 0 Å². The van der Waals surface area contributed by atoms with Crippen molar-refractivity contribution in [1.82, 2.24) is 0 Å². The van der Waals surface area contributed by atoms with Gasteiger partial charge in [-0.3, -0.25) is 0 Å². The molecule has 0 aromatic heterocycles. The van der Waals surface area contributed by atoms with E-state index in [9.17, 15) is 0 Å². The summed E-state index contributed by atoms with van der Waals surface area (Å²) >= 11 is 0.